The lowest BCUT2D eigenvalue weighted by Crippen LogP contribution is -2.22. The first-order valence-electron chi connectivity index (χ1n) is 8.92. The number of halogens is 1. The highest BCUT2D eigenvalue weighted by Crippen LogP contribution is 2.31. The van der Waals surface area contributed by atoms with Crippen LogP contribution < -0.4 is 10.1 Å². The van der Waals surface area contributed by atoms with Gasteiger partial charge < -0.3 is 10.1 Å². The molecule has 1 aliphatic rings. The molecule has 4 heteroatoms. The molecule has 0 heterocycles. The van der Waals surface area contributed by atoms with Gasteiger partial charge in [-0.2, -0.15) is 0 Å². The lowest BCUT2D eigenvalue weighted by atomic mass is 9.97. The zero-order valence-electron chi connectivity index (χ0n) is 14.6. The highest BCUT2D eigenvalue weighted by Gasteiger charge is 2.17. The normalized spacial score (nSPS) is 14.5. The number of carbonyl (C=O) groups is 1. The maximum atomic E-state index is 13.7. The second kappa shape index (κ2) is 8.15. The average Bonchev–Trinajstić information content (AvgIpc) is 3.08. The molecule has 1 fully saturated rings. The van der Waals surface area contributed by atoms with Crippen LogP contribution in [0.5, 0.6) is 5.75 Å². The van der Waals surface area contributed by atoms with Crippen LogP contribution in [0.3, 0.4) is 0 Å². The Morgan fingerprint density at radius 1 is 1.20 bits per heavy atom. The molecule has 0 unspecified atom stereocenters. The van der Waals surface area contributed by atoms with Crippen molar-refractivity contribution in [2.24, 2.45) is 0 Å². The molecule has 1 amide bonds. The van der Waals surface area contributed by atoms with Crippen molar-refractivity contribution < 1.29 is 13.9 Å². The predicted octanol–water partition coefficient (Wildman–Crippen LogP) is 4.49. The van der Waals surface area contributed by atoms with Crippen molar-refractivity contribution in [3.8, 4) is 16.9 Å². The molecule has 2 aromatic rings. The Morgan fingerprint density at radius 2 is 2.00 bits per heavy atom. The number of amides is 1. The van der Waals surface area contributed by atoms with Crippen molar-refractivity contribution in [1.82, 2.24) is 5.32 Å². The number of carbonyl (C=O) groups excluding carboxylic acids is 1. The van der Waals surface area contributed by atoms with E-state index in [9.17, 15) is 9.18 Å². The largest absolute Gasteiger partial charge is 0.490 e. The minimum Gasteiger partial charge on any atom is -0.490 e. The van der Waals surface area contributed by atoms with Gasteiger partial charge in [0.05, 0.1) is 6.10 Å². The third-order valence-corrected chi connectivity index (χ3v) is 4.59. The molecule has 1 aliphatic carbocycles. The van der Waals surface area contributed by atoms with Gasteiger partial charge in [0, 0.05) is 13.5 Å². The van der Waals surface area contributed by atoms with Gasteiger partial charge in [0.25, 0.3) is 0 Å². The van der Waals surface area contributed by atoms with Crippen LogP contribution in [-0.4, -0.2) is 18.6 Å². The van der Waals surface area contributed by atoms with Crippen LogP contribution in [0.1, 0.15) is 38.2 Å². The van der Waals surface area contributed by atoms with E-state index >= 15 is 0 Å². The summed E-state index contributed by atoms with van der Waals surface area (Å²) >= 11 is 0. The summed E-state index contributed by atoms with van der Waals surface area (Å²) in [5.74, 6) is 0.523. The summed E-state index contributed by atoms with van der Waals surface area (Å²) in [5.41, 5.74) is 2.85. The van der Waals surface area contributed by atoms with E-state index in [0.717, 1.165) is 35.3 Å². The third kappa shape index (κ3) is 4.81. The van der Waals surface area contributed by atoms with Crippen molar-refractivity contribution in [2.45, 2.75) is 45.1 Å². The maximum absolute atomic E-state index is 13.7. The molecule has 25 heavy (non-hydrogen) atoms. The summed E-state index contributed by atoms with van der Waals surface area (Å²) in [6.45, 7) is 2.06. The van der Waals surface area contributed by atoms with Gasteiger partial charge in [-0.15, -0.1) is 0 Å². The number of nitrogens with one attached hydrogen (secondary N) is 1. The molecular formula is C21H24FNO2. The van der Waals surface area contributed by atoms with Crippen molar-refractivity contribution in [2.75, 3.05) is 6.54 Å². The molecule has 0 aliphatic heterocycles. The van der Waals surface area contributed by atoms with Gasteiger partial charge in [-0.25, -0.2) is 4.39 Å². The van der Waals surface area contributed by atoms with E-state index in [-0.39, 0.29) is 17.8 Å². The summed E-state index contributed by atoms with van der Waals surface area (Å²) in [6.07, 6.45) is 5.60. The second-order valence-corrected chi connectivity index (χ2v) is 6.59. The van der Waals surface area contributed by atoms with Crippen LogP contribution >= 0.6 is 0 Å². The monoisotopic (exact) mass is 341 g/mol. The Balaban J connectivity index is 1.86. The van der Waals surface area contributed by atoms with Crippen LogP contribution in [0.15, 0.2) is 42.5 Å². The summed E-state index contributed by atoms with van der Waals surface area (Å²) < 4.78 is 19.8. The van der Waals surface area contributed by atoms with Crippen molar-refractivity contribution in [3.63, 3.8) is 0 Å². The molecule has 3 nitrogen and oxygen atoms in total. The van der Waals surface area contributed by atoms with Gasteiger partial charge in [0.15, 0.2) is 0 Å². The van der Waals surface area contributed by atoms with Crippen molar-refractivity contribution in [1.29, 1.82) is 0 Å². The zero-order chi connectivity index (χ0) is 17.6. The standard InChI is InChI=1S/C21H24FNO2/c1-15(24)23-12-11-16-9-10-20(25-19-7-2-3-8-19)14-21(16)17-5-4-6-18(22)13-17/h4-6,9-10,13-14,19H,2-3,7-8,11-12H2,1H3,(H,23,24). The first-order chi connectivity index (χ1) is 12.1. The summed E-state index contributed by atoms with van der Waals surface area (Å²) in [5, 5.41) is 2.81. The van der Waals surface area contributed by atoms with Crippen LogP contribution in [0.4, 0.5) is 4.39 Å². The fourth-order valence-corrected chi connectivity index (χ4v) is 3.34. The first-order valence-corrected chi connectivity index (χ1v) is 8.92. The van der Waals surface area contributed by atoms with E-state index in [1.165, 1.54) is 31.9 Å². The molecule has 2 aromatic carbocycles. The van der Waals surface area contributed by atoms with Crippen LogP contribution in [0.25, 0.3) is 11.1 Å². The van der Waals surface area contributed by atoms with Gasteiger partial charge in [0.2, 0.25) is 5.91 Å². The number of rotatable bonds is 6. The van der Waals surface area contributed by atoms with E-state index in [1.54, 1.807) is 6.07 Å². The van der Waals surface area contributed by atoms with E-state index in [0.29, 0.717) is 13.0 Å². The molecule has 0 bridgehead atoms. The van der Waals surface area contributed by atoms with Crippen molar-refractivity contribution >= 4 is 5.91 Å². The average molecular weight is 341 g/mol. The minimum absolute atomic E-state index is 0.0477. The quantitative estimate of drug-likeness (QED) is 0.840. The fraction of sp³-hybridized carbons (Fsp3) is 0.381. The summed E-state index contributed by atoms with van der Waals surface area (Å²) in [6, 6.07) is 12.6. The Kier molecular flexibility index (Phi) is 5.69. The lowest BCUT2D eigenvalue weighted by Gasteiger charge is -2.17. The highest BCUT2D eigenvalue weighted by atomic mass is 19.1. The number of hydrogen-bond acceptors (Lipinski definition) is 2. The molecular weight excluding hydrogens is 317 g/mol. The molecule has 1 saturated carbocycles. The predicted molar refractivity (Wildman–Crippen MR) is 97.1 cm³/mol. The Bertz CT molecular complexity index is 738. The first kappa shape index (κ1) is 17.5. The third-order valence-electron chi connectivity index (χ3n) is 4.59. The zero-order valence-corrected chi connectivity index (χ0v) is 14.6. The van der Waals surface area contributed by atoms with Gasteiger partial charge in [-0.05, 0) is 73.1 Å². The summed E-state index contributed by atoms with van der Waals surface area (Å²) in [4.78, 5) is 11.1. The molecule has 0 saturated heterocycles. The van der Waals surface area contributed by atoms with Gasteiger partial charge in [-0.3, -0.25) is 4.79 Å². The van der Waals surface area contributed by atoms with Gasteiger partial charge in [-0.1, -0.05) is 18.2 Å². The molecule has 0 atom stereocenters. The minimum atomic E-state index is -0.257. The van der Waals surface area contributed by atoms with Crippen LogP contribution in [-0.2, 0) is 11.2 Å². The van der Waals surface area contributed by atoms with Crippen LogP contribution in [0.2, 0.25) is 0 Å². The van der Waals surface area contributed by atoms with E-state index in [1.807, 2.05) is 24.3 Å². The van der Waals surface area contributed by atoms with E-state index in [2.05, 4.69) is 5.32 Å². The van der Waals surface area contributed by atoms with Crippen LogP contribution in [0, 0.1) is 5.82 Å². The fourth-order valence-electron chi connectivity index (χ4n) is 3.34. The Labute approximate surface area is 148 Å². The van der Waals surface area contributed by atoms with E-state index < -0.39 is 0 Å². The highest BCUT2D eigenvalue weighted by molar-refractivity contribution is 5.73. The number of ether oxygens (including phenoxy) is 1. The topological polar surface area (TPSA) is 38.3 Å². The SMILES string of the molecule is CC(=O)NCCc1ccc(OC2CCCC2)cc1-c1cccc(F)c1. The summed E-state index contributed by atoms with van der Waals surface area (Å²) in [7, 11) is 0. The molecule has 0 aromatic heterocycles. The smallest absolute Gasteiger partial charge is 0.216 e. The molecule has 0 radical (unpaired) electrons. The molecule has 132 valence electrons. The maximum Gasteiger partial charge on any atom is 0.216 e. The molecule has 0 spiro atoms. The second-order valence-electron chi connectivity index (χ2n) is 6.59. The number of benzene rings is 2. The number of hydrogen-bond donors (Lipinski definition) is 1. The molecule has 3 rings (SSSR count). The molecule has 1 N–H and O–H groups in total. The lowest BCUT2D eigenvalue weighted by molar-refractivity contribution is -0.118. The Hall–Kier alpha value is -2.36. The van der Waals surface area contributed by atoms with E-state index in [4.69, 9.17) is 4.74 Å². The Morgan fingerprint density at radius 3 is 2.72 bits per heavy atom. The van der Waals surface area contributed by atoms with Gasteiger partial charge in [0.1, 0.15) is 11.6 Å². The van der Waals surface area contributed by atoms with Crippen molar-refractivity contribution in [3.05, 3.63) is 53.8 Å². The van der Waals surface area contributed by atoms with Gasteiger partial charge >= 0.3 is 0 Å².